The molecule has 1 fully saturated rings. The lowest BCUT2D eigenvalue weighted by Gasteiger charge is -2.21. The number of amides is 3. The van der Waals surface area contributed by atoms with Crippen molar-refractivity contribution < 1.29 is 28.3 Å². The van der Waals surface area contributed by atoms with Crippen molar-refractivity contribution in [2.45, 2.75) is 12.8 Å². The molecule has 1 aromatic rings. The Hall–Kier alpha value is -2.68. The number of methoxy groups -OCH3 is 1. The molecule has 0 radical (unpaired) electrons. The minimum atomic E-state index is -1.01. The maximum atomic E-state index is 13.9. The maximum absolute atomic E-state index is 13.9. The van der Waals surface area contributed by atoms with Gasteiger partial charge in [-0.25, -0.2) is 9.18 Å². The first-order chi connectivity index (χ1) is 12.7. The van der Waals surface area contributed by atoms with Crippen molar-refractivity contribution in [3.8, 4) is 0 Å². The second-order valence-corrected chi connectivity index (χ2v) is 6.35. The van der Waals surface area contributed by atoms with Crippen LogP contribution in [0.15, 0.2) is 12.1 Å². The van der Waals surface area contributed by atoms with E-state index in [4.69, 9.17) is 11.6 Å². The molecule has 0 aromatic heterocycles. The molecular weight excluding hydrogens is 381 g/mol. The fraction of sp³-hybridized carbons (Fsp3) is 0.412. The Kier molecular flexibility index (Phi) is 6.73. The van der Waals surface area contributed by atoms with Gasteiger partial charge < -0.3 is 19.9 Å². The molecule has 146 valence electrons. The Morgan fingerprint density at radius 2 is 2.07 bits per heavy atom. The molecule has 3 amide bonds. The summed E-state index contributed by atoms with van der Waals surface area (Å²) in [7, 11) is 2.52. The number of nitrogens with zero attached hydrogens (tertiary/aromatic N) is 2. The number of ether oxygens (including phenoxy) is 1. The van der Waals surface area contributed by atoms with Gasteiger partial charge in [0.25, 0.3) is 0 Å². The molecule has 0 bridgehead atoms. The normalized spacial score (nSPS) is 13.5. The van der Waals surface area contributed by atoms with E-state index in [2.05, 4.69) is 10.1 Å². The number of benzene rings is 1. The summed E-state index contributed by atoms with van der Waals surface area (Å²) in [6.45, 7) is 1.14. The third kappa shape index (κ3) is 4.94. The first kappa shape index (κ1) is 20.6. The van der Waals surface area contributed by atoms with Crippen LogP contribution in [0.2, 0.25) is 5.02 Å². The molecule has 1 aliphatic heterocycles. The van der Waals surface area contributed by atoms with Crippen LogP contribution >= 0.6 is 11.6 Å². The Morgan fingerprint density at radius 1 is 1.37 bits per heavy atom. The lowest BCUT2D eigenvalue weighted by molar-refractivity contribution is -0.142. The van der Waals surface area contributed by atoms with Crippen LogP contribution in [0.25, 0.3) is 0 Å². The molecule has 0 spiro atoms. The van der Waals surface area contributed by atoms with Crippen molar-refractivity contribution in [3.05, 3.63) is 28.5 Å². The molecule has 2 rings (SSSR count). The second-order valence-electron chi connectivity index (χ2n) is 5.98. The number of halogens is 2. The highest BCUT2D eigenvalue weighted by atomic mass is 35.5. The molecular formula is C17H19ClFN3O5. The number of carbonyl (C=O) groups is 4. The van der Waals surface area contributed by atoms with Gasteiger partial charge in [-0.2, -0.15) is 0 Å². The molecule has 10 heteroatoms. The molecule has 1 saturated heterocycles. The summed E-state index contributed by atoms with van der Waals surface area (Å²) in [6.07, 6.45) is 1.27. The number of likely N-dealkylation sites (N-methyl/N-ethyl adjacent to an activating group) is 1. The van der Waals surface area contributed by atoms with Gasteiger partial charge in [0.05, 0.1) is 17.7 Å². The van der Waals surface area contributed by atoms with Gasteiger partial charge in [-0.1, -0.05) is 11.6 Å². The van der Waals surface area contributed by atoms with Gasteiger partial charge in [0.1, 0.15) is 5.82 Å². The van der Waals surface area contributed by atoms with Crippen LogP contribution in [0, 0.1) is 5.82 Å². The molecule has 1 aliphatic rings. The van der Waals surface area contributed by atoms with Crippen molar-refractivity contribution in [3.63, 3.8) is 0 Å². The molecule has 27 heavy (non-hydrogen) atoms. The highest BCUT2D eigenvalue weighted by Crippen LogP contribution is 2.25. The monoisotopic (exact) mass is 399 g/mol. The molecule has 1 aromatic carbocycles. The number of hydrogen-bond donors (Lipinski definition) is 1. The lowest BCUT2D eigenvalue weighted by Crippen LogP contribution is -2.41. The second kappa shape index (κ2) is 8.81. The number of anilines is 1. The van der Waals surface area contributed by atoms with Crippen molar-refractivity contribution in [2.24, 2.45) is 0 Å². The molecule has 0 saturated carbocycles. The molecule has 1 heterocycles. The molecule has 0 aliphatic carbocycles. The third-order valence-electron chi connectivity index (χ3n) is 4.11. The summed E-state index contributed by atoms with van der Waals surface area (Å²) in [5.41, 5.74) is -0.387. The molecule has 0 atom stereocenters. The summed E-state index contributed by atoms with van der Waals surface area (Å²) in [4.78, 5) is 50.2. The fourth-order valence-corrected chi connectivity index (χ4v) is 2.78. The van der Waals surface area contributed by atoms with E-state index in [1.54, 1.807) is 4.90 Å². The minimum Gasteiger partial charge on any atom is -0.465 e. The van der Waals surface area contributed by atoms with Crippen LogP contribution in [0.1, 0.15) is 23.2 Å². The van der Waals surface area contributed by atoms with Gasteiger partial charge in [-0.15, -0.1) is 0 Å². The van der Waals surface area contributed by atoms with E-state index in [-0.39, 0.29) is 23.7 Å². The quantitative estimate of drug-likeness (QED) is 0.594. The smallest absolute Gasteiger partial charge is 0.339 e. The van der Waals surface area contributed by atoms with Gasteiger partial charge >= 0.3 is 17.8 Å². The van der Waals surface area contributed by atoms with Crippen molar-refractivity contribution in [1.82, 2.24) is 9.80 Å². The number of likely N-dealkylation sites (tertiary alicyclic amines) is 1. The van der Waals surface area contributed by atoms with Gasteiger partial charge in [0.15, 0.2) is 0 Å². The average Bonchev–Trinajstić information content (AvgIpc) is 3.05. The SMILES string of the molecule is COC(=O)c1cc(NC(=O)C(=O)N(C)CCN2CCCC2=O)cc(F)c1Cl. The van der Waals surface area contributed by atoms with E-state index in [9.17, 15) is 23.6 Å². The molecule has 1 N–H and O–H groups in total. The van der Waals surface area contributed by atoms with Crippen LogP contribution in [0.3, 0.4) is 0 Å². The van der Waals surface area contributed by atoms with Crippen LogP contribution in [-0.2, 0) is 19.1 Å². The average molecular weight is 400 g/mol. The highest BCUT2D eigenvalue weighted by Gasteiger charge is 2.24. The van der Waals surface area contributed by atoms with Crippen molar-refractivity contribution in [2.75, 3.05) is 39.1 Å². The zero-order valence-electron chi connectivity index (χ0n) is 14.9. The largest absolute Gasteiger partial charge is 0.465 e. The summed E-state index contributed by atoms with van der Waals surface area (Å²) >= 11 is 5.71. The predicted octanol–water partition coefficient (Wildman–Crippen LogP) is 1.28. The van der Waals surface area contributed by atoms with Crippen LogP contribution in [-0.4, -0.2) is 67.3 Å². The Morgan fingerprint density at radius 3 is 2.67 bits per heavy atom. The zero-order valence-corrected chi connectivity index (χ0v) is 15.6. The van der Waals surface area contributed by atoms with Gasteiger partial charge in [-0.3, -0.25) is 14.4 Å². The fourth-order valence-electron chi connectivity index (χ4n) is 2.59. The number of hydrogen-bond acceptors (Lipinski definition) is 5. The van der Waals surface area contributed by atoms with Crippen LogP contribution < -0.4 is 5.32 Å². The Bertz CT molecular complexity index is 786. The zero-order chi connectivity index (χ0) is 20.1. The number of nitrogens with one attached hydrogen (secondary N) is 1. The number of rotatable bonds is 5. The first-order valence-electron chi connectivity index (χ1n) is 8.16. The highest BCUT2D eigenvalue weighted by molar-refractivity contribution is 6.39. The summed E-state index contributed by atoms with van der Waals surface area (Å²) in [5, 5.41) is 1.78. The lowest BCUT2D eigenvalue weighted by atomic mass is 10.2. The standard InChI is InChI=1S/C17H19ClFN3O5/c1-21(6-7-22-5-3-4-13(22)23)16(25)15(24)20-10-8-11(17(26)27-2)14(18)12(19)9-10/h8-9H,3-7H2,1-2H3,(H,20,24). The summed E-state index contributed by atoms with van der Waals surface area (Å²) < 4.78 is 18.3. The first-order valence-corrected chi connectivity index (χ1v) is 8.54. The predicted molar refractivity (Wildman–Crippen MR) is 94.8 cm³/mol. The van der Waals surface area contributed by atoms with Gasteiger partial charge in [0, 0.05) is 38.8 Å². The summed E-state index contributed by atoms with van der Waals surface area (Å²) in [5.74, 6) is -3.68. The summed E-state index contributed by atoms with van der Waals surface area (Å²) in [6, 6.07) is 2.01. The van der Waals surface area contributed by atoms with E-state index in [0.29, 0.717) is 19.5 Å². The van der Waals surface area contributed by atoms with E-state index < -0.39 is 28.6 Å². The van der Waals surface area contributed by atoms with Crippen LogP contribution in [0.4, 0.5) is 10.1 Å². The van der Waals surface area contributed by atoms with E-state index in [1.165, 1.54) is 7.05 Å². The van der Waals surface area contributed by atoms with Gasteiger partial charge in [0.2, 0.25) is 5.91 Å². The van der Waals surface area contributed by atoms with E-state index in [1.807, 2.05) is 0 Å². The Labute approximate surface area is 160 Å². The number of carbonyl (C=O) groups excluding carboxylic acids is 4. The van der Waals surface area contributed by atoms with Crippen LogP contribution in [0.5, 0.6) is 0 Å². The van der Waals surface area contributed by atoms with E-state index >= 15 is 0 Å². The number of esters is 1. The third-order valence-corrected chi connectivity index (χ3v) is 4.49. The maximum Gasteiger partial charge on any atom is 0.339 e. The van der Waals surface area contributed by atoms with Crippen molar-refractivity contribution in [1.29, 1.82) is 0 Å². The molecule has 0 unspecified atom stereocenters. The Balaban J connectivity index is 2.01. The topological polar surface area (TPSA) is 96.0 Å². The van der Waals surface area contributed by atoms with Gasteiger partial charge in [-0.05, 0) is 18.6 Å². The molecule has 8 nitrogen and oxygen atoms in total. The van der Waals surface area contributed by atoms with E-state index in [0.717, 1.165) is 30.6 Å². The minimum absolute atomic E-state index is 0.0206. The van der Waals surface area contributed by atoms with Crippen molar-refractivity contribution >= 4 is 41.0 Å².